The Bertz CT molecular complexity index is 808. The summed E-state index contributed by atoms with van der Waals surface area (Å²) in [7, 11) is 0. The van der Waals surface area contributed by atoms with Crippen LogP contribution in [0, 0.1) is 0 Å². The molecule has 0 spiro atoms. The van der Waals surface area contributed by atoms with E-state index in [-0.39, 0.29) is 11.9 Å². The van der Waals surface area contributed by atoms with Crippen molar-refractivity contribution in [3.63, 3.8) is 0 Å². The van der Waals surface area contributed by atoms with Gasteiger partial charge in [-0.15, -0.1) is 0 Å². The fourth-order valence-corrected chi connectivity index (χ4v) is 2.09. The van der Waals surface area contributed by atoms with E-state index in [2.05, 4.69) is 15.3 Å². The standard InChI is InChI=1S/C17H12ClN3O2/c18-15-9-5-4-8-14(15)16(22)21-12-10-19-17(20-11-12)23-13-6-2-1-3-7-13/h1-11H,(H,21,22). The van der Waals surface area contributed by atoms with Gasteiger partial charge in [-0.25, -0.2) is 9.97 Å². The Labute approximate surface area is 137 Å². The highest BCUT2D eigenvalue weighted by Crippen LogP contribution is 2.19. The average Bonchev–Trinajstić information content (AvgIpc) is 2.58. The molecule has 0 aliphatic heterocycles. The molecule has 6 heteroatoms. The molecule has 0 aliphatic rings. The fraction of sp³-hybridized carbons (Fsp3) is 0. The van der Waals surface area contributed by atoms with Crippen molar-refractivity contribution >= 4 is 23.2 Å². The maximum Gasteiger partial charge on any atom is 0.322 e. The lowest BCUT2D eigenvalue weighted by Crippen LogP contribution is -2.12. The number of anilines is 1. The molecule has 3 aromatic rings. The van der Waals surface area contributed by atoms with E-state index in [1.165, 1.54) is 12.4 Å². The van der Waals surface area contributed by atoms with Gasteiger partial charge in [-0.3, -0.25) is 4.79 Å². The molecule has 0 atom stereocenters. The van der Waals surface area contributed by atoms with Crippen LogP contribution in [0.3, 0.4) is 0 Å². The third-order valence-electron chi connectivity index (χ3n) is 2.96. The molecule has 1 heterocycles. The van der Waals surface area contributed by atoms with E-state index in [1.807, 2.05) is 18.2 Å². The van der Waals surface area contributed by atoms with E-state index in [0.717, 1.165) is 0 Å². The summed E-state index contributed by atoms with van der Waals surface area (Å²) in [5.74, 6) is 0.316. The van der Waals surface area contributed by atoms with Crippen molar-refractivity contribution < 1.29 is 9.53 Å². The smallest absolute Gasteiger partial charge is 0.322 e. The number of aromatic nitrogens is 2. The van der Waals surface area contributed by atoms with Gasteiger partial charge in [0.2, 0.25) is 0 Å². The van der Waals surface area contributed by atoms with Gasteiger partial charge in [-0.05, 0) is 24.3 Å². The summed E-state index contributed by atoms with van der Waals surface area (Å²) >= 11 is 5.99. The number of halogens is 1. The number of ether oxygens (including phenoxy) is 1. The zero-order chi connectivity index (χ0) is 16.1. The molecule has 0 bridgehead atoms. The summed E-state index contributed by atoms with van der Waals surface area (Å²) in [5.41, 5.74) is 0.842. The quantitative estimate of drug-likeness (QED) is 0.781. The first-order valence-electron chi connectivity index (χ1n) is 6.83. The van der Waals surface area contributed by atoms with Crippen LogP contribution in [-0.2, 0) is 0 Å². The Hall–Kier alpha value is -2.92. The van der Waals surface area contributed by atoms with E-state index in [0.29, 0.717) is 22.0 Å². The topological polar surface area (TPSA) is 64.1 Å². The van der Waals surface area contributed by atoms with Gasteiger partial charge in [-0.2, -0.15) is 0 Å². The highest BCUT2D eigenvalue weighted by molar-refractivity contribution is 6.34. The van der Waals surface area contributed by atoms with Crippen molar-refractivity contribution in [2.75, 3.05) is 5.32 Å². The molecule has 5 nitrogen and oxygen atoms in total. The molecule has 1 amide bonds. The summed E-state index contributed by atoms with van der Waals surface area (Å²) in [4.78, 5) is 20.3. The summed E-state index contributed by atoms with van der Waals surface area (Å²) in [6.07, 6.45) is 2.94. The molecule has 0 unspecified atom stereocenters. The van der Waals surface area contributed by atoms with Crippen molar-refractivity contribution in [2.24, 2.45) is 0 Å². The minimum absolute atomic E-state index is 0.201. The van der Waals surface area contributed by atoms with E-state index >= 15 is 0 Å². The molecule has 1 N–H and O–H groups in total. The van der Waals surface area contributed by atoms with Crippen LogP contribution in [0.1, 0.15) is 10.4 Å². The van der Waals surface area contributed by atoms with Gasteiger partial charge in [0.1, 0.15) is 5.75 Å². The van der Waals surface area contributed by atoms with Crippen molar-refractivity contribution in [1.82, 2.24) is 9.97 Å². The maximum atomic E-state index is 12.1. The maximum absolute atomic E-state index is 12.1. The van der Waals surface area contributed by atoms with Gasteiger partial charge in [0.05, 0.1) is 28.7 Å². The lowest BCUT2D eigenvalue weighted by Gasteiger charge is -2.07. The van der Waals surface area contributed by atoms with Gasteiger partial charge in [0, 0.05) is 0 Å². The molecule has 23 heavy (non-hydrogen) atoms. The van der Waals surface area contributed by atoms with E-state index < -0.39 is 0 Å². The molecule has 0 aliphatic carbocycles. The van der Waals surface area contributed by atoms with E-state index in [1.54, 1.807) is 36.4 Å². The van der Waals surface area contributed by atoms with Crippen molar-refractivity contribution in [3.05, 3.63) is 77.6 Å². The second kappa shape index (κ2) is 6.89. The number of carbonyl (C=O) groups excluding carboxylic acids is 1. The van der Waals surface area contributed by atoms with Crippen molar-refractivity contribution in [3.8, 4) is 11.8 Å². The van der Waals surface area contributed by atoms with Crippen LogP contribution in [0.15, 0.2) is 67.0 Å². The lowest BCUT2D eigenvalue weighted by molar-refractivity contribution is 0.102. The Balaban J connectivity index is 1.68. The third kappa shape index (κ3) is 3.84. The van der Waals surface area contributed by atoms with Crippen LogP contribution in [0.5, 0.6) is 11.8 Å². The summed E-state index contributed by atoms with van der Waals surface area (Å²) in [5, 5.41) is 3.07. The van der Waals surface area contributed by atoms with Gasteiger partial charge in [0.15, 0.2) is 0 Å². The minimum Gasteiger partial charge on any atom is -0.424 e. The predicted molar refractivity (Wildman–Crippen MR) is 88.0 cm³/mol. The molecule has 114 valence electrons. The average molecular weight is 326 g/mol. The minimum atomic E-state index is -0.323. The van der Waals surface area contributed by atoms with Crippen LogP contribution < -0.4 is 10.1 Å². The molecule has 0 saturated carbocycles. The predicted octanol–water partition coefficient (Wildman–Crippen LogP) is 4.17. The SMILES string of the molecule is O=C(Nc1cnc(Oc2ccccc2)nc1)c1ccccc1Cl. The number of hydrogen-bond donors (Lipinski definition) is 1. The van der Waals surface area contributed by atoms with Crippen LogP contribution >= 0.6 is 11.6 Å². The zero-order valence-corrected chi connectivity index (χ0v) is 12.7. The Morgan fingerprint density at radius 3 is 2.30 bits per heavy atom. The van der Waals surface area contributed by atoms with Crippen LogP contribution in [0.4, 0.5) is 5.69 Å². The number of para-hydroxylation sites is 1. The highest BCUT2D eigenvalue weighted by atomic mass is 35.5. The Kier molecular flexibility index (Phi) is 4.49. The molecular weight excluding hydrogens is 314 g/mol. The number of rotatable bonds is 4. The summed E-state index contributed by atoms with van der Waals surface area (Å²) in [6.45, 7) is 0. The molecule has 3 rings (SSSR count). The first kappa shape index (κ1) is 15.0. The molecular formula is C17H12ClN3O2. The summed E-state index contributed by atoms with van der Waals surface area (Å²) in [6, 6.07) is 16.2. The highest BCUT2D eigenvalue weighted by Gasteiger charge is 2.10. The van der Waals surface area contributed by atoms with Gasteiger partial charge < -0.3 is 10.1 Å². The largest absolute Gasteiger partial charge is 0.424 e. The summed E-state index contributed by atoms with van der Waals surface area (Å²) < 4.78 is 5.49. The molecule has 0 fully saturated rings. The lowest BCUT2D eigenvalue weighted by atomic mass is 10.2. The van der Waals surface area contributed by atoms with Crippen LogP contribution in [-0.4, -0.2) is 15.9 Å². The number of carbonyl (C=O) groups is 1. The molecule has 0 saturated heterocycles. The first-order chi connectivity index (χ1) is 11.2. The zero-order valence-electron chi connectivity index (χ0n) is 11.9. The molecule has 1 aromatic heterocycles. The first-order valence-corrected chi connectivity index (χ1v) is 7.21. The molecule has 2 aromatic carbocycles. The van der Waals surface area contributed by atoms with Gasteiger partial charge in [0.25, 0.3) is 5.91 Å². The number of hydrogen-bond acceptors (Lipinski definition) is 4. The number of benzene rings is 2. The van der Waals surface area contributed by atoms with Crippen molar-refractivity contribution in [1.29, 1.82) is 0 Å². The van der Waals surface area contributed by atoms with Crippen molar-refractivity contribution in [2.45, 2.75) is 0 Å². The monoisotopic (exact) mass is 325 g/mol. The number of nitrogens with one attached hydrogen (secondary N) is 1. The van der Waals surface area contributed by atoms with Crippen LogP contribution in [0.25, 0.3) is 0 Å². The van der Waals surface area contributed by atoms with Crippen LogP contribution in [0.2, 0.25) is 5.02 Å². The second-order valence-electron chi connectivity index (χ2n) is 4.60. The molecule has 0 radical (unpaired) electrons. The van der Waals surface area contributed by atoms with E-state index in [9.17, 15) is 4.79 Å². The Morgan fingerprint density at radius 2 is 1.61 bits per heavy atom. The number of nitrogens with zero attached hydrogens (tertiary/aromatic N) is 2. The van der Waals surface area contributed by atoms with E-state index in [4.69, 9.17) is 16.3 Å². The third-order valence-corrected chi connectivity index (χ3v) is 3.29. The van der Waals surface area contributed by atoms with Gasteiger partial charge >= 0.3 is 6.01 Å². The fourth-order valence-electron chi connectivity index (χ4n) is 1.87. The van der Waals surface area contributed by atoms with Gasteiger partial charge in [-0.1, -0.05) is 41.9 Å². The normalized spacial score (nSPS) is 10.1. The second-order valence-corrected chi connectivity index (χ2v) is 5.01. The number of amides is 1. The Morgan fingerprint density at radius 1 is 0.957 bits per heavy atom.